The first-order valence-corrected chi connectivity index (χ1v) is 10.7. The van der Waals surface area contributed by atoms with Gasteiger partial charge in [0.05, 0.1) is 25.4 Å². The Morgan fingerprint density at radius 1 is 0.933 bits per heavy atom. The fraction of sp³-hybridized carbons (Fsp3) is 0.480. The average Bonchev–Trinajstić information content (AvgIpc) is 2.73. The summed E-state index contributed by atoms with van der Waals surface area (Å²) in [7, 11) is 0. The van der Waals surface area contributed by atoms with E-state index in [-0.39, 0.29) is 23.8 Å². The number of aryl methyl sites for hydroxylation is 1. The van der Waals surface area contributed by atoms with E-state index in [0.29, 0.717) is 45.0 Å². The van der Waals surface area contributed by atoms with Gasteiger partial charge in [-0.1, -0.05) is 56.3 Å². The van der Waals surface area contributed by atoms with Gasteiger partial charge in [0.2, 0.25) is 5.91 Å². The molecule has 2 rings (SSSR count). The van der Waals surface area contributed by atoms with Crippen LogP contribution in [0.3, 0.4) is 0 Å². The number of hydrogen-bond acceptors (Lipinski definition) is 4. The molecule has 0 aliphatic rings. The normalized spacial score (nSPS) is 13.2. The Bertz CT molecular complexity index is 731. The third kappa shape index (κ3) is 9.90. The van der Waals surface area contributed by atoms with Crippen LogP contribution in [0.15, 0.2) is 54.6 Å². The zero-order chi connectivity index (χ0) is 21.8. The van der Waals surface area contributed by atoms with Crippen molar-refractivity contribution in [3.05, 3.63) is 65.7 Å². The van der Waals surface area contributed by atoms with Gasteiger partial charge in [0.1, 0.15) is 5.75 Å². The maximum absolute atomic E-state index is 12.5. The van der Waals surface area contributed by atoms with Crippen LogP contribution in [0.4, 0.5) is 0 Å². The topological polar surface area (TPSA) is 67.8 Å². The highest BCUT2D eigenvalue weighted by molar-refractivity contribution is 5.76. The molecule has 2 atom stereocenters. The summed E-state index contributed by atoms with van der Waals surface area (Å²) in [6, 6.07) is 16.9. The molecule has 0 aliphatic carbocycles. The molecule has 2 aromatic rings. The summed E-state index contributed by atoms with van der Waals surface area (Å²) in [6.07, 6.45) is 1.79. The van der Waals surface area contributed by atoms with Gasteiger partial charge in [-0.2, -0.15) is 0 Å². The van der Waals surface area contributed by atoms with Crippen LogP contribution in [0, 0.1) is 5.92 Å². The Kier molecular flexibility index (Phi) is 10.4. The maximum Gasteiger partial charge on any atom is 0.220 e. The molecule has 0 fully saturated rings. The second kappa shape index (κ2) is 13.0. The Morgan fingerprint density at radius 3 is 2.30 bits per heavy atom. The van der Waals surface area contributed by atoms with Gasteiger partial charge in [-0.05, 0) is 48.9 Å². The summed E-state index contributed by atoms with van der Waals surface area (Å²) in [6.45, 7) is 7.83. The van der Waals surface area contributed by atoms with Crippen molar-refractivity contribution in [1.82, 2.24) is 5.32 Å². The standard InChI is InChI=1S/C25H35NO4/c1-19(2)16-30-20(3)17-29-18-23(15-22-9-12-24(27)13-10-22)26-25(28)14-11-21-7-5-4-6-8-21/h4-10,12-13,19-20,23,27H,11,14-18H2,1-3H3,(H,26,28). The molecule has 2 unspecified atom stereocenters. The molecule has 1 amide bonds. The van der Waals surface area contributed by atoms with Gasteiger partial charge in [-0.25, -0.2) is 0 Å². The Morgan fingerprint density at radius 2 is 1.63 bits per heavy atom. The molecule has 0 saturated heterocycles. The van der Waals surface area contributed by atoms with Crippen molar-refractivity contribution in [2.45, 2.75) is 52.2 Å². The molecule has 0 heterocycles. The van der Waals surface area contributed by atoms with E-state index in [2.05, 4.69) is 19.2 Å². The molecule has 5 heteroatoms. The van der Waals surface area contributed by atoms with Gasteiger partial charge in [-0.15, -0.1) is 0 Å². The molecule has 0 saturated carbocycles. The fourth-order valence-corrected chi connectivity index (χ4v) is 3.05. The average molecular weight is 414 g/mol. The predicted molar refractivity (Wildman–Crippen MR) is 120 cm³/mol. The lowest BCUT2D eigenvalue weighted by molar-refractivity contribution is -0.122. The zero-order valence-electron chi connectivity index (χ0n) is 18.3. The minimum absolute atomic E-state index is 0.00957. The number of aromatic hydroxyl groups is 1. The van der Waals surface area contributed by atoms with E-state index in [1.54, 1.807) is 12.1 Å². The smallest absolute Gasteiger partial charge is 0.220 e. The van der Waals surface area contributed by atoms with Crippen LogP contribution in [-0.4, -0.2) is 43.0 Å². The first-order valence-electron chi connectivity index (χ1n) is 10.7. The van der Waals surface area contributed by atoms with E-state index in [4.69, 9.17) is 9.47 Å². The van der Waals surface area contributed by atoms with Crippen LogP contribution < -0.4 is 5.32 Å². The Balaban J connectivity index is 1.86. The lowest BCUT2D eigenvalue weighted by Gasteiger charge is -2.21. The number of nitrogens with one attached hydrogen (secondary N) is 1. The van der Waals surface area contributed by atoms with Crippen LogP contribution in [0.25, 0.3) is 0 Å². The molecule has 2 aromatic carbocycles. The molecule has 0 spiro atoms. The van der Waals surface area contributed by atoms with Crippen molar-refractivity contribution >= 4 is 5.91 Å². The highest BCUT2D eigenvalue weighted by Gasteiger charge is 2.15. The number of carbonyl (C=O) groups is 1. The third-order valence-electron chi connectivity index (χ3n) is 4.65. The number of amides is 1. The SMILES string of the molecule is CC(C)COC(C)COCC(Cc1ccc(O)cc1)NC(=O)CCc1ccccc1. The summed E-state index contributed by atoms with van der Waals surface area (Å²) in [5.41, 5.74) is 2.18. The minimum Gasteiger partial charge on any atom is -0.508 e. The number of hydrogen-bond donors (Lipinski definition) is 2. The summed E-state index contributed by atoms with van der Waals surface area (Å²) in [5.74, 6) is 0.725. The number of phenolic OH excluding ortho intramolecular Hbond substituents is 1. The number of rotatable bonds is 13. The summed E-state index contributed by atoms with van der Waals surface area (Å²) >= 11 is 0. The predicted octanol–water partition coefficient (Wildman–Crippen LogP) is 4.13. The van der Waals surface area contributed by atoms with Crippen molar-refractivity contribution in [1.29, 1.82) is 0 Å². The van der Waals surface area contributed by atoms with E-state index < -0.39 is 0 Å². The van der Waals surface area contributed by atoms with Crippen molar-refractivity contribution in [3.63, 3.8) is 0 Å². The second-order valence-corrected chi connectivity index (χ2v) is 8.20. The number of carbonyl (C=O) groups excluding carboxylic acids is 1. The highest BCUT2D eigenvalue weighted by Crippen LogP contribution is 2.12. The van der Waals surface area contributed by atoms with E-state index in [1.165, 1.54) is 0 Å². The molecule has 2 N–H and O–H groups in total. The van der Waals surface area contributed by atoms with Gasteiger partial charge >= 0.3 is 0 Å². The fourth-order valence-electron chi connectivity index (χ4n) is 3.05. The molecule has 0 aromatic heterocycles. The summed E-state index contributed by atoms with van der Waals surface area (Å²) in [5, 5.41) is 12.6. The van der Waals surface area contributed by atoms with E-state index in [0.717, 1.165) is 11.1 Å². The molecular formula is C25H35NO4. The van der Waals surface area contributed by atoms with Crippen molar-refractivity contribution in [2.75, 3.05) is 19.8 Å². The Labute approximate surface area is 180 Å². The molecule has 0 aliphatic heterocycles. The van der Waals surface area contributed by atoms with E-state index >= 15 is 0 Å². The first kappa shape index (κ1) is 23.9. The van der Waals surface area contributed by atoms with Crippen LogP contribution in [0.5, 0.6) is 5.75 Å². The minimum atomic E-state index is -0.143. The van der Waals surface area contributed by atoms with Crippen LogP contribution >= 0.6 is 0 Å². The van der Waals surface area contributed by atoms with E-state index in [1.807, 2.05) is 49.4 Å². The second-order valence-electron chi connectivity index (χ2n) is 8.20. The van der Waals surface area contributed by atoms with Gasteiger partial charge in [-0.3, -0.25) is 4.79 Å². The lowest BCUT2D eigenvalue weighted by Crippen LogP contribution is -2.40. The van der Waals surface area contributed by atoms with Gasteiger partial charge in [0.15, 0.2) is 0 Å². The maximum atomic E-state index is 12.5. The lowest BCUT2D eigenvalue weighted by atomic mass is 10.1. The molecular weight excluding hydrogens is 378 g/mol. The van der Waals surface area contributed by atoms with Crippen LogP contribution in [0.2, 0.25) is 0 Å². The molecule has 30 heavy (non-hydrogen) atoms. The van der Waals surface area contributed by atoms with E-state index in [9.17, 15) is 9.90 Å². The highest BCUT2D eigenvalue weighted by atomic mass is 16.5. The first-order chi connectivity index (χ1) is 14.4. The van der Waals surface area contributed by atoms with Gasteiger partial charge in [0, 0.05) is 13.0 Å². The van der Waals surface area contributed by atoms with Crippen molar-refractivity contribution < 1.29 is 19.4 Å². The largest absolute Gasteiger partial charge is 0.508 e. The summed E-state index contributed by atoms with van der Waals surface area (Å²) in [4.78, 5) is 12.5. The van der Waals surface area contributed by atoms with Gasteiger partial charge in [0.25, 0.3) is 0 Å². The molecule has 0 bridgehead atoms. The summed E-state index contributed by atoms with van der Waals surface area (Å²) < 4.78 is 11.6. The monoisotopic (exact) mass is 413 g/mol. The number of phenols is 1. The number of benzene rings is 2. The molecule has 5 nitrogen and oxygen atoms in total. The van der Waals surface area contributed by atoms with Crippen LogP contribution in [0.1, 0.15) is 38.3 Å². The van der Waals surface area contributed by atoms with Crippen molar-refractivity contribution in [2.24, 2.45) is 5.92 Å². The Hall–Kier alpha value is -2.37. The third-order valence-corrected chi connectivity index (χ3v) is 4.65. The van der Waals surface area contributed by atoms with Crippen LogP contribution in [-0.2, 0) is 27.1 Å². The quantitative estimate of drug-likeness (QED) is 0.518. The molecule has 0 radical (unpaired) electrons. The zero-order valence-corrected chi connectivity index (χ0v) is 18.3. The van der Waals surface area contributed by atoms with Crippen molar-refractivity contribution in [3.8, 4) is 5.75 Å². The number of ether oxygens (including phenoxy) is 2. The van der Waals surface area contributed by atoms with Gasteiger partial charge < -0.3 is 19.9 Å². The molecule has 164 valence electrons.